The van der Waals surface area contributed by atoms with Crippen molar-refractivity contribution < 1.29 is 0 Å². The van der Waals surface area contributed by atoms with Gasteiger partial charge in [0.2, 0.25) is 0 Å². The molecule has 0 aliphatic carbocycles. The van der Waals surface area contributed by atoms with Crippen LogP contribution in [0.4, 0.5) is 22.7 Å². The van der Waals surface area contributed by atoms with E-state index in [0.717, 1.165) is 44.3 Å². The SMILES string of the molecule is Nc1cc2c3cccc4c5cc(N)cc6c7cc(N)cc8c9cccc%10c%11cc(N)cc%12c(c1)c2c1c(c34)c(c56)c(c87)c(c%109)c1c%11%12. The highest BCUT2D eigenvalue weighted by atomic mass is 14.6. The van der Waals surface area contributed by atoms with E-state index in [1.165, 1.54) is 108 Å². The third kappa shape index (κ3) is 2.05. The van der Waals surface area contributed by atoms with E-state index in [1.807, 2.05) is 0 Å². The van der Waals surface area contributed by atoms with Gasteiger partial charge >= 0.3 is 0 Å². The third-order valence-electron chi connectivity index (χ3n) is 11.5. The Bertz CT molecular complexity index is 3050. The number of nitrogens with two attached hydrogens (primary N) is 4. The summed E-state index contributed by atoms with van der Waals surface area (Å²) in [5.41, 5.74) is 30.0. The number of rotatable bonds is 0. The fourth-order valence-corrected chi connectivity index (χ4v) is 10.2. The maximum atomic E-state index is 6.75. The summed E-state index contributed by atoms with van der Waals surface area (Å²) in [6, 6.07) is 30.8. The fraction of sp³-hybridized carbons (Fsp3) is 0. The van der Waals surface area contributed by atoms with Crippen LogP contribution in [0.1, 0.15) is 0 Å². The van der Waals surface area contributed by atoms with E-state index in [4.69, 9.17) is 22.9 Å². The van der Waals surface area contributed by atoms with Gasteiger partial charge in [0.1, 0.15) is 0 Å². The molecule has 210 valence electrons. The van der Waals surface area contributed by atoms with Crippen molar-refractivity contribution in [3.05, 3.63) is 84.9 Å². The van der Waals surface area contributed by atoms with Crippen LogP contribution in [0.15, 0.2) is 84.9 Å². The molecule has 13 rings (SSSR count). The number of fused-ring (bicyclic) bond motifs is 6. The lowest BCUT2D eigenvalue weighted by atomic mass is 9.73. The molecule has 13 aromatic carbocycles. The Morgan fingerprint density at radius 1 is 0.217 bits per heavy atom. The van der Waals surface area contributed by atoms with Gasteiger partial charge in [-0.15, -0.1) is 0 Å². The molecule has 0 saturated heterocycles. The minimum atomic E-state index is 0.756. The van der Waals surface area contributed by atoms with Crippen LogP contribution < -0.4 is 22.9 Å². The number of anilines is 4. The molecule has 0 aromatic heterocycles. The molecule has 0 aliphatic rings. The van der Waals surface area contributed by atoms with Gasteiger partial charge in [0, 0.05) is 22.7 Å². The summed E-state index contributed by atoms with van der Waals surface area (Å²) in [7, 11) is 0. The predicted molar refractivity (Wildman–Crippen MR) is 201 cm³/mol. The molecule has 46 heavy (non-hydrogen) atoms. The summed E-state index contributed by atoms with van der Waals surface area (Å²) in [4.78, 5) is 0. The molecular formula is C42H22N4. The Morgan fingerprint density at radius 3 is 0.609 bits per heavy atom. The Kier molecular flexibility index (Phi) is 3.18. The van der Waals surface area contributed by atoms with Gasteiger partial charge in [-0.25, -0.2) is 0 Å². The summed E-state index contributed by atoms with van der Waals surface area (Å²) in [6.07, 6.45) is 0. The molecule has 8 N–H and O–H groups in total. The lowest BCUT2D eigenvalue weighted by molar-refractivity contribution is 1.77. The van der Waals surface area contributed by atoms with Gasteiger partial charge in [-0.2, -0.15) is 0 Å². The summed E-state index contributed by atoms with van der Waals surface area (Å²) in [6.45, 7) is 0. The largest absolute Gasteiger partial charge is 0.399 e. The third-order valence-corrected chi connectivity index (χ3v) is 11.5. The highest BCUT2D eigenvalue weighted by Gasteiger charge is 2.31. The van der Waals surface area contributed by atoms with Crippen molar-refractivity contribution in [2.45, 2.75) is 0 Å². The molecule has 0 heterocycles. The van der Waals surface area contributed by atoms with E-state index in [-0.39, 0.29) is 0 Å². The zero-order chi connectivity index (χ0) is 30.1. The maximum Gasteiger partial charge on any atom is 0.0326 e. The average molecular weight is 583 g/mol. The van der Waals surface area contributed by atoms with Crippen LogP contribution in [0, 0.1) is 0 Å². The van der Waals surface area contributed by atoms with E-state index in [9.17, 15) is 0 Å². The topological polar surface area (TPSA) is 104 Å². The number of benzene rings is 13. The van der Waals surface area contributed by atoms with E-state index < -0.39 is 0 Å². The first kappa shape index (κ1) is 22.3. The first-order chi connectivity index (χ1) is 22.5. The number of nitrogen functional groups attached to an aromatic ring is 4. The van der Waals surface area contributed by atoms with Crippen LogP contribution in [0.2, 0.25) is 0 Å². The number of hydrogen-bond donors (Lipinski definition) is 4. The van der Waals surface area contributed by atoms with Crippen molar-refractivity contribution in [2.75, 3.05) is 22.9 Å². The van der Waals surface area contributed by atoms with E-state index in [1.54, 1.807) is 0 Å². The normalized spacial score (nSPS) is 13.6. The van der Waals surface area contributed by atoms with E-state index in [2.05, 4.69) is 84.9 Å². The highest BCUT2D eigenvalue weighted by molar-refractivity contribution is 6.61. The minimum Gasteiger partial charge on any atom is -0.399 e. The standard InChI is InChI=1S/C42H22N4/c43-15-7-23-19-3-1-4-20-24-8-16(44)12-28-30-14-18(46)10-26-22-6-2-5-21-25-9-17(45)13-29-27(11-15)33(23)39-37(31(19)20)40(34(24)28)42(36(26)30)38(32(21)22)41(39)35(25)29/h1-14H,43-46H2. The molecule has 0 atom stereocenters. The molecule has 0 spiro atoms. The van der Waals surface area contributed by atoms with Crippen LogP contribution in [0.25, 0.3) is 129 Å². The van der Waals surface area contributed by atoms with Gasteiger partial charge < -0.3 is 22.9 Å². The van der Waals surface area contributed by atoms with Crippen LogP contribution in [0.3, 0.4) is 0 Å². The minimum absolute atomic E-state index is 0.756. The summed E-state index contributed by atoms with van der Waals surface area (Å²) < 4.78 is 0. The van der Waals surface area contributed by atoms with Crippen LogP contribution in [-0.4, -0.2) is 0 Å². The quantitative estimate of drug-likeness (QED) is 0.0811. The molecule has 4 nitrogen and oxygen atoms in total. The van der Waals surface area contributed by atoms with Crippen molar-refractivity contribution in [1.29, 1.82) is 0 Å². The molecule has 0 aliphatic heterocycles. The molecule has 0 saturated carbocycles. The molecule has 0 amide bonds. The lowest BCUT2D eigenvalue weighted by Gasteiger charge is -2.29. The zero-order valence-electron chi connectivity index (χ0n) is 24.4. The van der Waals surface area contributed by atoms with E-state index >= 15 is 0 Å². The van der Waals surface area contributed by atoms with Crippen molar-refractivity contribution in [2.24, 2.45) is 0 Å². The van der Waals surface area contributed by atoms with Crippen molar-refractivity contribution >= 4 is 152 Å². The molecule has 0 fully saturated rings. The average Bonchev–Trinajstić information content (AvgIpc) is 3.05. The second-order valence-corrected chi connectivity index (χ2v) is 13.7. The summed E-state index contributed by atoms with van der Waals surface area (Å²) >= 11 is 0. The van der Waals surface area contributed by atoms with E-state index in [0.29, 0.717) is 0 Å². The highest BCUT2D eigenvalue weighted by Crippen LogP contribution is 2.60. The van der Waals surface area contributed by atoms with Gasteiger partial charge in [-0.3, -0.25) is 0 Å². The molecule has 0 bridgehead atoms. The Labute approximate surface area is 259 Å². The summed E-state index contributed by atoms with van der Waals surface area (Å²) in [5.74, 6) is 0. The number of hydrogen-bond acceptors (Lipinski definition) is 4. The molecular weight excluding hydrogens is 560 g/mol. The Morgan fingerprint density at radius 2 is 0.391 bits per heavy atom. The molecule has 0 unspecified atom stereocenters. The van der Waals surface area contributed by atoms with Crippen molar-refractivity contribution in [1.82, 2.24) is 0 Å². The van der Waals surface area contributed by atoms with Gasteiger partial charge in [0.05, 0.1) is 0 Å². The monoisotopic (exact) mass is 582 g/mol. The van der Waals surface area contributed by atoms with Crippen LogP contribution in [0.5, 0.6) is 0 Å². The van der Waals surface area contributed by atoms with Gasteiger partial charge in [0.25, 0.3) is 0 Å². The second kappa shape index (κ2) is 6.56. The van der Waals surface area contributed by atoms with Gasteiger partial charge in [-0.1, -0.05) is 36.4 Å². The zero-order valence-corrected chi connectivity index (χ0v) is 24.4. The van der Waals surface area contributed by atoms with Gasteiger partial charge in [-0.05, 0) is 178 Å². The van der Waals surface area contributed by atoms with Crippen LogP contribution in [-0.2, 0) is 0 Å². The smallest absolute Gasteiger partial charge is 0.0326 e. The lowest BCUT2D eigenvalue weighted by Crippen LogP contribution is -2.02. The predicted octanol–water partition coefficient (Wildman–Crippen LogP) is 10.5. The van der Waals surface area contributed by atoms with Crippen molar-refractivity contribution in [3.63, 3.8) is 0 Å². The molecule has 4 heteroatoms. The molecule has 13 aromatic rings. The Balaban J connectivity index is 1.61. The first-order valence-corrected chi connectivity index (χ1v) is 15.8. The molecule has 0 radical (unpaired) electrons. The van der Waals surface area contributed by atoms with Gasteiger partial charge in [0.15, 0.2) is 0 Å². The van der Waals surface area contributed by atoms with Crippen molar-refractivity contribution in [3.8, 4) is 0 Å². The summed E-state index contributed by atoms with van der Waals surface area (Å²) in [5, 5.41) is 29.9. The first-order valence-electron chi connectivity index (χ1n) is 15.8. The van der Waals surface area contributed by atoms with Crippen LogP contribution >= 0.6 is 0 Å². The maximum absolute atomic E-state index is 6.75. The second-order valence-electron chi connectivity index (χ2n) is 13.7. The fourth-order valence-electron chi connectivity index (χ4n) is 10.2. The Hall–Kier alpha value is -6.26.